The zero-order valence-electron chi connectivity index (χ0n) is 16.2. The fourth-order valence-corrected chi connectivity index (χ4v) is 4.31. The number of benzene rings is 2. The summed E-state index contributed by atoms with van der Waals surface area (Å²) in [6.45, 7) is 3.91. The molecule has 0 saturated carbocycles. The molecule has 3 rings (SSSR count). The molecule has 2 aromatic carbocycles. The molecule has 1 aliphatic rings. The van der Waals surface area contributed by atoms with Crippen molar-refractivity contribution in [1.82, 2.24) is 10.2 Å². The SMILES string of the molecule is CSc1ccccc1CN1CCC(CNC(=O)/C=C/c2ccccc2Cl)CC1. The molecule has 1 N–H and O–H groups in total. The molecule has 5 heteroatoms. The lowest BCUT2D eigenvalue weighted by Crippen LogP contribution is -2.38. The van der Waals surface area contributed by atoms with Gasteiger partial charge in [0, 0.05) is 29.1 Å². The number of carbonyl (C=O) groups is 1. The van der Waals surface area contributed by atoms with Crippen molar-refractivity contribution < 1.29 is 4.79 Å². The van der Waals surface area contributed by atoms with Crippen LogP contribution in [0.4, 0.5) is 0 Å². The van der Waals surface area contributed by atoms with Crippen LogP contribution in [-0.4, -0.2) is 36.7 Å². The Kier molecular flexibility index (Phi) is 8.01. The van der Waals surface area contributed by atoms with Gasteiger partial charge in [-0.05, 0) is 67.4 Å². The molecule has 1 aliphatic heterocycles. The number of rotatable bonds is 7. The summed E-state index contributed by atoms with van der Waals surface area (Å²) in [5, 5.41) is 3.69. The number of amides is 1. The van der Waals surface area contributed by atoms with Crippen LogP contribution in [0.5, 0.6) is 0 Å². The van der Waals surface area contributed by atoms with Crippen molar-refractivity contribution in [2.45, 2.75) is 24.3 Å². The number of carbonyl (C=O) groups excluding carboxylic acids is 1. The lowest BCUT2D eigenvalue weighted by atomic mass is 9.96. The van der Waals surface area contributed by atoms with Crippen molar-refractivity contribution in [3.63, 3.8) is 0 Å². The zero-order chi connectivity index (χ0) is 19.8. The number of hydrogen-bond acceptors (Lipinski definition) is 3. The largest absolute Gasteiger partial charge is 0.352 e. The van der Waals surface area contributed by atoms with Crippen LogP contribution >= 0.6 is 23.4 Å². The lowest BCUT2D eigenvalue weighted by Gasteiger charge is -2.32. The van der Waals surface area contributed by atoms with Gasteiger partial charge in [-0.3, -0.25) is 9.69 Å². The van der Waals surface area contributed by atoms with Crippen LogP contribution in [0.2, 0.25) is 5.02 Å². The van der Waals surface area contributed by atoms with Crippen LogP contribution in [-0.2, 0) is 11.3 Å². The number of piperidine rings is 1. The molecule has 0 radical (unpaired) electrons. The molecule has 28 heavy (non-hydrogen) atoms. The van der Waals surface area contributed by atoms with Crippen molar-refractivity contribution in [3.8, 4) is 0 Å². The third kappa shape index (κ3) is 6.13. The first-order valence-corrected chi connectivity index (χ1v) is 11.3. The Morgan fingerprint density at radius 3 is 2.64 bits per heavy atom. The third-order valence-electron chi connectivity index (χ3n) is 5.18. The van der Waals surface area contributed by atoms with Gasteiger partial charge < -0.3 is 5.32 Å². The number of halogens is 1. The Morgan fingerprint density at radius 2 is 1.89 bits per heavy atom. The van der Waals surface area contributed by atoms with Crippen LogP contribution in [0.3, 0.4) is 0 Å². The van der Waals surface area contributed by atoms with Gasteiger partial charge in [-0.25, -0.2) is 0 Å². The predicted molar refractivity (Wildman–Crippen MR) is 120 cm³/mol. The quantitative estimate of drug-likeness (QED) is 0.505. The first-order valence-electron chi connectivity index (χ1n) is 9.70. The Labute approximate surface area is 177 Å². The van der Waals surface area contributed by atoms with Gasteiger partial charge in [0.1, 0.15) is 0 Å². The Bertz CT molecular complexity index is 816. The first-order chi connectivity index (χ1) is 13.7. The van der Waals surface area contributed by atoms with E-state index in [1.54, 1.807) is 12.2 Å². The molecule has 0 atom stereocenters. The van der Waals surface area contributed by atoms with Crippen LogP contribution in [0, 0.1) is 5.92 Å². The second-order valence-corrected chi connectivity index (χ2v) is 8.39. The minimum atomic E-state index is -0.0590. The summed E-state index contributed by atoms with van der Waals surface area (Å²) in [5.74, 6) is 0.487. The molecule has 3 nitrogen and oxygen atoms in total. The van der Waals surface area contributed by atoms with E-state index in [1.807, 2.05) is 36.0 Å². The highest BCUT2D eigenvalue weighted by Gasteiger charge is 2.20. The van der Waals surface area contributed by atoms with Gasteiger partial charge in [-0.15, -0.1) is 11.8 Å². The van der Waals surface area contributed by atoms with Gasteiger partial charge in [0.15, 0.2) is 0 Å². The highest BCUT2D eigenvalue weighted by molar-refractivity contribution is 7.98. The van der Waals surface area contributed by atoms with E-state index in [4.69, 9.17) is 11.6 Å². The van der Waals surface area contributed by atoms with E-state index in [0.29, 0.717) is 10.9 Å². The number of thioether (sulfide) groups is 1. The maximum absolute atomic E-state index is 12.1. The van der Waals surface area contributed by atoms with Gasteiger partial charge in [-0.2, -0.15) is 0 Å². The topological polar surface area (TPSA) is 32.3 Å². The average molecular weight is 415 g/mol. The highest BCUT2D eigenvalue weighted by Crippen LogP contribution is 2.24. The molecular weight excluding hydrogens is 388 g/mol. The second-order valence-electron chi connectivity index (χ2n) is 7.13. The molecule has 0 aliphatic carbocycles. The highest BCUT2D eigenvalue weighted by atomic mass is 35.5. The standard InChI is InChI=1S/C23H27ClN2OS/c1-28-22-9-5-3-7-20(22)17-26-14-12-18(13-15-26)16-25-23(27)11-10-19-6-2-4-8-21(19)24/h2-11,18H,12-17H2,1H3,(H,25,27)/b11-10+. The fraction of sp³-hybridized carbons (Fsp3) is 0.348. The van der Waals surface area contributed by atoms with E-state index >= 15 is 0 Å². The summed E-state index contributed by atoms with van der Waals surface area (Å²) in [7, 11) is 0. The summed E-state index contributed by atoms with van der Waals surface area (Å²) in [5.41, 5.74) is 2.27. The van der Waals surface area contributed by atoms with Crippen molar-refractivity contribution in [2.24, 2.45) is 5.92 Å². The number of nitrogens with one attached hydrogen (secondary N) is 1. The van der Waals surface area contributed by atoms with Gasteiger partial charge >= 0.3 is 0 Å². The Hall–Kier alpha value is -1.75. The Balaban J connectivity index is 1.41. The van der Waals surface area contributed by atoms with E-state index in [9.17, 15) is 4.79 Å². The van der Waals surface area contributed by atoms with Crippen LogP contribution < -0.4 is 5.32 Å². The monoisotopic (exact) mass is 414 g/mol. The van der Waals surface area contributed by atoms with Crippen molar-refractivity contribution in [1.29, 1.82) is 0 Å². The summed E-state index contributed by atoms with van der Waals surface area (Å²) in [6.07, 6.45) is 7.71. The summed E-state index contributed by atoms with van der Waals surface area (Å²) in [4.78, 5) is 16.0. The number of nitrogens with zero attached hydrogens (tertiary/aromatic N) is 1. The molecular formula is C23H27ClN2OS. The molecule has 0 spiro atoms. The van der Waals surface area contributed by atoms with Crippen LogP contribution in [0.15, 0.2) is 59.5 Å². The number of hydrogen-bond donors (Lipinski definition) is 1. The Morgan fingerprint density at radius 1 is 1.18 bits per heavy atom. The molecule has 0 bridgehead atoms. The fourth-order valence-electron chi connectivity index (χ4n) is 3.50. The smallest absolute Gasteiger partial charge is 0.244 e. The molecule has 1 fully saturated rings. The van der Waals surface area contributed by atoms with Crippen LogP contribution in [0.25, 0.3) is 6.08 Å². The van der Waals surface area contributed by atoms with Crippen LogP contribution in [0.1, 0.15) is 24.0 Å². The lowest BCUT2D eigenvalue weighted by molar-refractivity contribution is -0.116. The normalized spacial score (nSPS) is 15.8. The third-order valence-corrected chi connectivity index (χ3v) is 6.36. The molecule has 148 valence electrons. The predicted octanol–water partition coefficient (Wildman–Crippen LogP) is 5.10. The van der Waals surface area contributed by atoms with Gasteiger partial charge in [-0.1, -0.05) is 48.0 Å². The van der Waals surface area contributed by atoms with Gasteiger partial charge in [0.2, 0.25) is 5.91 Å². The molecule has 0 unspecified atom stereocenters. The molecule has 1 saturated heterocycles. The zero-order valence-corrected chi connectivity index (χ0v) is 17.8. The summed E-state index contributed by atoms with van der Waals surface area (Å²) >= 11 is 7.92. The number of likely N-dealkylation sites (tertiary alicyclic amines) is 1. The van der Waals surface area contributed by atoms with E-state index in [1.165, 1.54) is 10.5 Å². The maximum atomic E-state index is 12.1. The maximum Gasteiger partial charge on any atom is 0.244 e. The van der Waals surface area contributed by atoms with Crippen molar-refractivity contribution >= 4 is 35.3 Å². The summed E-state index contributed by atoms with van der Waals surface area (Å²) in [6, 6.07) is 16.2. The minimum absolute atomic E-state index is 0.0590. The molecule has 0 aromatic heterocycles. The summed E-state index contributed by atoms with van der Waals surface area (Å²) < 4.78 is 0. The van der Waals surface area contributed by atoms with E-state index in [2.05, 4.69) is 40.7 Å². The van der Waals surface area contributed by atoms with E-state index < -0.39 is 0 Å². The van der Waals surface area contributed by atoms with E-state index in [-0.39, 0.29) is 5.91 Å². The van der Waals surface area contributed by atoms with Gasteiger partial charge in [0.25, 0.3) is 0 Å². The molecule has 1 amide bonds. The van der Waals surface area contributed by atoms with Gasteiger partial charge in [0.05, 0.1) is 0 Å². The van der Waals surface area contributed by atoms with Crippen molar-refractivity contribution in [3.05, 3.63) is 70.8 Å². The second kappa shape index (κ2) is 10.7. The molecule has 2 aromatic rings. The molecule has 1 heterocycles. The first kappa shape index (κ1) is 21.0. The average Bonchev–Trinajstić information content (AvgIpc) is 2.73. The van der Waals surface area contributed by atoms with Crippen molar-refractivity contribution in [2.75, 3.05) is 25.9 Å². The minimum Gasteiger partial charge on any atom is -0.352 e. The van der Waals surface area contributed by atoms with E-state index in [0.717, 1.165) is 44.6 Å².